The van der Waals surface area contributed by atoms with E-state index in [1.807, 2.05) is 18.2 Å². The Balaban J connectivity index is 1.86. The summed E-state index contributed by atoms with van der Waals surface area (Å²) in [4.78, 5) is 28.8. The maximum absolute atomic E-state index is 13.9. The topological polar surface area (TPSA) is 59.8 Å². The quantitative estimate of drug-likeness (QED) is 0.154. The van der Waals surface area contributed by atoms with Crippen molar-refractivity contribution < 1.29 is 18.7 Å². The summed E-state index contributed by atoms with van der Waals surface area (Å²) in [6.07, 6.45) is 8.57. The van der Waals surface area contributed by atoms with Crippen LogP contribution in [-0.4, -0.2) is 47.3 Å². The number of allylic oxidation sites excluding steroid dienone is 1. The van der Waals surface area contributed by atoms with Crippen LogP contribution in [0.2, 0.25) is 0 Å². The van der Waals surface area contributed by atoms with Crippen LogP contribution in [0.15, 0.2) is 22.6 Å². The number of benzene rings is 1. The van der Waals surface area contributed by atoms with E-state index < -0.39 is 0 Å². The van der Waals surface area contributed by atoms with Crippen molar-refractivity contribution in [2.75, 3.05) is 26.2 Å². The van der Waals surface area contributed by atoms with E-state index in [0.29, 0.717) is 41.6 Å². The summed E-state index contributed by atoms with van der Waals surface area (Å²) in [7, 11) is 0. The molecule has 3 rings (SSSR count). The highest BCUT2D eigenvalue weighted by Crippen LogP contribution is 2.34. The van der Waals surface area contributed by atoms with E-state index in [9.17, 15) is 9.59 Å². The molecule has 0 radical (unpaired) electrons. The zero-order chi connectivity index (χ0) is 26.9. The van der Waals surface area contributed by atoms with Gasteiger partial charge in [0.2, 0.25) is 0 Å². The lowest BCUT2D eigenvalue weighted by Gasteiger charge is -2.19. The SMILES string of the molecule is CCC(C)SC(=O)CCc1oc2c(c1C(=O)c1cc(I)c(OCCN(CC)CC)c(I)c1)CCCC=C2. The number of hydrogen-bond donors (Lipinski definition) is 0. The molecule has 1 atom stereocenters. The Morgan fingerprint density at radius 3 is 2.51 bits per heavy atom. The number of ketones is 1. The van der Waals surface area contributed by atoms with Crippen LogP contribution in [-0.2, 0) is 17.6 Å². The number of thioether (sulfide) groups is 1. The number of furan rings is 1. The zero-order valence-corrected chi connectivity index (χ0v) is 27.3. The van der Waals surface area contributed by atoms with Crippen LogP contribution in [0.25, 0.3) is 6.08 Å². The molecule has 0 fully saturated rings. The second-order valence-corrected chi connectivity index (χ2v) is 13.0. The minimum Gasteiger partial charge on any atom is -0.490 e. The fourth-order valence-electron chi connectivity index (χ4n) is 4.32. The number of carbonyl (C=O) groups excluding carboxylic acids is 2. The molecule has 1 aliphatic rings. The zero-order valence-electron chi connectivity index (χ0n) is 22.2. The molecular formula is C29H37I2NO4S. The lowest BCUT2D eigenvalue weighted by Crippen LogP contribution is -2.28. The summed E-state index contributed by atoms with van der Waals surface area (Å²) in [6.45, 7) is 11.9. The van der Waals surface area contributed by atoms with Crippen molar-refractivity contribution in [3.63, 3.8) is 0 Å². The molecule has 202 valence electrons. The third kappa shape index (κ3) is 8.32. The predicted octanol–water partition coefficient (Wildman–Crippen LogP) is 7.78. The minimum atomic E-state index is -0.0390. The Morgan fingerprint density at radius 2 is 1.86 bits per heavy atom. The van der Waals surface area contributed by atoms with Crippen LogP contribution in [0.5, 0.6) is 5.75 Å². The van der Waals surface area contributed by atoms with E-state index in [2.05, 4.69) is 83.9 Å². The number of fused-ring (bicyclic) bond motifs is 1. The summed E-state index contributed by atoms with van der Waals surface area (Å²) < 4.78 is 14.2. The van der Waals surface area contributed by atoms with Gasteiger partial charge in [-0.1, -0.05) is 45.5 Å². The Bertz CT molecular complexity index is 1100. The molecule has 1 aromatic carbocycles. The minimum absolute atomic E-state index is 0.0390. The molecule has 1 heterocycles. The second-order valence-electron chi connectivity index (χ2n) is 9.22. The number of nitrogens with zero attached hydrogens (tertiary/aromatic N) is 1. The molecule has 1 aromatic heterocycles. The first-order valence-corrected chi connectivity index (χ1v) is 16.2. The van der Waals surface area contributed by atoms with Gasteiger partial charge in [0.15, 0.2) is 10.9 Å². The van der Waals surface area contributed by atoms with Gasteiger partial charge < -0.3 is 14.1 Å². The van der Waals surface area contributed by atoms with E-state index in [0.717, 1.165) is 69.5 Å². The number of likely N-dealkylation sites (N-methyl/N-ethyl adjacent to an activating group) is 1. The molecule has 0 saturated carbocycles. The molecule has 2 aromatic rings. The van der Waals surface area contributed by atoms with Crippen LogP contribution < -0.4 is 4.74 Å². The first-order chi connectivity index (χ1) is 17.8. The van der Waals surface area contributed by atoms with Gasteiger partial charge in [-0.3, -0.25) is 9.59 Å². The Kier molecular flexibility index (Phi) is 12.5. The summed E-state index contributed by atoms with van der Waals surface area (Å²) in [5.41, 5.74) is 2.24. The van der Waals surface area contributed by atoms with Crippen LogP contribution in [0.1, 0.15) is 86.4 Å². The van der Waals surface area contributed by atoms with Crippen molar-refractivity contribution in [1.29, 1.82) is 0 Å². The monoisotopic (exact) mass is 749 g/mol. The van der Waals surface area contributed by atoms with E-state index in [1.54, 1.807) is 0 Å². The third-order valence-electron chi connectivity index (χ3n) is 6.68. The van der Waals surface area contributed by atoms with Gasteiger partial charge in [-0.15, -0.1) is 0 Å². The maximum Gasteiger partial charge on any atom is 0.196 e. The molecule has 0 spiro atoms. The van der Waals surface area contributed by atoms with Gasteiger partial charge in [0, 0.05) is 35.8 Å². The van der Waals surface area contributed by atoms with Crippen molar-refractivity contribution in [3.05, 3.63) is 53.6 Å². The number of aryl methyl sites for hydroxylation is 1. The Morgan fingerprint density at radius 1 is 1.16 bits per heavy atom. The van der Waals surface area contributed by atoms with Crippen LogP contribution in [0.4, 0.5) is 0 Å². The molecule has 0 saturated heterocycles. The molecule has 37 heavy (non-hydrogen) atoms. The van der Waals surface area contributed by atoms with Gasteiger partial charge in [0.05, 0.1) is 12.7 Å². The Labute approximate surface area is 252 Å². The number of ether oxygens (including phenoxy) is 1. The summed E-state index contributed by atoms with van der Waals surface area (Å²) in [5.74, 6) is 2.18. The van der Waals surface area contributed by atoms with Crippen LogP contribution in [0.3, 0.4) is 0 Å². The molecule has 0 aliphatic heterocycles. The van der Waals surface area contributed by atoms with E-state index in [-0.39, 0.29) is 10.9 Å². The lowest BCUT2D eigenvalue weighted by atomic mass is 9.95. The largest absolute Gasteiger partial charge is 0.490 e. The summed E-state index contributed by atoms with van der Waals surface area (Å²) in [5, 5.41) is 0.437. The molecule has 5 nitrogen and oxygen atoms in total. The predicted molar refractivity (Wildman–Crippen MR) is 170 cm³/mol. The van der Waals surface area contributed by atoms with E-state index >= 15 is 0 Å². The lowest BCUT2D eigenvalue weighted by molar-refractivity contribution is -0.111. The standard InChI is InChI=1S/C29H37I2NO4S/c1-5-19(4)37-26(33)14-13-25-27(21-11-9-8-10-12-24(21)36-25)28(34)20-17-22(30)29(23(31)18-20)35-16-15-32(6-2)7-3/h10,12,17-19H,5-9,11,13-16H2,1-4H3. The fourth-order valence-corrected chi connectivity index (χ4v) is 7.23. The van der Waals surface area contributed by atoms with Crippen molar-refractivity contribution in [2.24, 2.45) is 0 Å². The number of carbonyl (C=O) groups is 2. The van der Waals surface area contributed by atoms with E-state index in [1.165, 1.54) is 11.8 Å². The van der Waals surface area contributed by atoms with Crippen molar-refractivity contribution in [3.8, 4) is 5.75 Å². The van der Waals surface area contributed by atoms with Crippen LogP contribution >= 0.6 is 56.9 Å². The van der Waals surface area contributed by atoms with Crippen molar-refractivity contribution >= 4 is 73.9 Å². The average Bonchev–Trinajstić information content (AvgIpc) is 3.06. The first-order valence-electron chi connectivity index (χ1n) is 13.2. The number of rotatable bonds is 13. The number of hydrogen-bond acceptors (Lipinski definition) is 6. The van der Waals surface area contributed by atoms with Crippen molar-refractivity contribution in [1.82, 2.24) is 4.90 Å². The highest BCUT2D eigenvalue weighted by atomic mass is 127. The summed E-state index contributed by atoms with van der Waals surface area (Å²) in [6, 6.07) is 3.83. The fraction of sp³-hybridized carbons (Fsp3) is 0.517. The first kappa shape index (κ1) is 30.7. The normalized spacial score (nSPS) is 13.9. The number of halogens is 2. The molecule has 8 heteroatoms. The molecular weight excluding hydrogens is 712 g/mol. The highest BCUT2D eigenvalue weighted by Gasteiger charge is 2.27. The van der Waals surface area contributed by atoms with Gasteiger partial charge in [-0.2, -0.15) is 0 Å². The smallest absolute Gasteiger partial charge is 0.196 e. The highest BCUT2D eigenvalue weighted by molar-refractivity contribution is 14.1. The van der Waals surface area contributed by atoms with Gasteiger partial charge in [0.25, 0.3) is 0 Å². The van der Waals surface area contributed by atoms with E-state index in [4.69, 9.17) is 9.15 Å². The maximum atomic E-state index is 13.9. The molecule has 1 unspecified atom stereocenters. The molecule has 0 N–H and O–H groups in total. The van der Waals surface area contributed by atoms with Gasteiger partial charge in [0.1, 0.15) is 23.9 Å². The molecule has 1 aliphatic carbocycles. The Hall–Kier alpha value is -0.850. The molecule has 0 amide bonds. The van der Waals surface area contributed by atoms with Gasteiger partial charge in [-0.25, -0.2) is 0 Å². The van der Waals surface area contributed by atoms with Gasteiger partial charge in [-0.05, 0) is 102 Å². The second kappa shape index (κ2) is 15.1. The molecule has 0 bridgehead atoms. The summed E-state index contributed by atoms with van der Waals surface area (Å²) >= 11 is 5.90. The van der Waals surface area contributed by atoms with Crippen molar-refractivity contribution in [2.45, 2.75) is 71.5 Å². The average molecular weight is 749 g/mol. The van der Waals surface area contributed by atoms with Gasteiger partial charge >= 0.3 is 0 Å². The van der Waals surface area contributed by atoms with Crippen LogP contribution in [0, 0.1) is 7.14 Å². The third-order valence-corrected chi connectivity index (χ3v) is 9.48.